The second-order valence-electron chi connectivity index (χ2n) is 4.85. The van der Waals surface area contributed by atoms with Gasteiger partial charge in [0.1, 0.15) is 17.5 Å². The van der Waals surface area contributed by atoms with Gasteiger partial charge in [-0.1, -0.05) is 6.07 Å². The van der Waals surface area contributed by atoms with Gasteiger partial charge in [-0.15, -0.1) is 4.91 Å². The third-order valence-electron chi connectivity index (χ3n) is 2.92. The highest BCUT2D eigenvalue weighted by atomic mass is 16.5. The van der Waals surface area contributed by atoms with E-state index in [0.29, 0.717) is 5.56 Å². The van der Waals surface area contributed by atoms with Crippen molar-refractivity contribution < 1.29 is 24.9 Å². The van der Waals surface area contributed by atoms with Crippen molar-refractivity contribution in [3.63, 3.8) is 0 Å². The highest BCUT2D eigenvalue weighted by molar-refractivity contribution is 5.91. The van der Waals surface area contributed by atoms with Crippen LogP contribution < -0.4 is 5.32 Å². The number of hydrogen-bond donors (Lipinski definition) is 4. The summed E-state index contributed by atoms with van der Waals surface area (Å²) < 4.78 is 5.09. The molecule has 1 aromatic rings. The lowest BCUT2D eigenvalue weighted by atomic mass is 10.2. The molecule has 0 aliphatic rings. The molecule has 8 nitrogen and oxygen atoms in total. The summed E-state index contributed by atoms with van der Waals surface area (Å²) in [4.78, 5) is 21.9. The molecule has 1 aromatic carbocycles. The Morgan fingerprint density at radius 2 is 2.17 bits per heavy atom. The van der Waals surface area contributed by atoms with Gasteiger partial charge in [0.2, 0.25) is 5.91 Å². The third kappa shape index (κ3) is 7.00. The van der Waals surface area contributed by atoms with Crippen molar-refractivity contribution in [1.29, 1.82) is 0 Å². The van der Waals surface area contributed by atoms with Crippen LogP contribution in [-0.2, 0) is 9.53 Å². The van der Waals surface area contributed by atoms with Crippen LogP contribution in [0.3, 0.4) is 0 Å². The van der Waals surface area contributed by atoms with Crippen LogP contribution in [0.5, 0.6) is 5.75 Å². The van der Waals surface area contributed by atoms with Crippen LogP contribution in [-0.4, -0.2) is 53.2 Å². The number of benzene rings is 1. The molecule has 0 spiro atoms. The van der Waals surface area contributed by atoms with Crippen molar-refractivity contribution in [2.75, 3.05) is 19.8 Å². The molecule has 1 amide bonds. The topological polar surface area (TPSA) is 128 Å². The highest BCUT2D eigenvalue weighted by Crippen LogP contribution is 2.27. The summed E-state index contributed by atoms with van der Waals surface area (Å²) in [6.07, 6.45) is 0.918. The first kappa shape index (κ1) is 18.8. The number of ether oxygens (including phenoxy) is 1. The second-order valence-corrected chi connectivity index (χ2v) is 4.85. The lowest BCUT2D eigenvalue weighted by Gasteiger charge is -2.13. The zero-order valence-corrected chi connectivity index (χ0v) is 12.7. The van der Waals surface area contributed by atoms with Gasteiger partial charge in [-0.05, 0) is 35.9 Å². The number of nitrogens with one attached hydrogen (secondary N) is 1. The maximum Gasteiger partial charge on any atom is 0.244 e. The summed E-state index contributed by atoms with van der Waals surface area (Å²) in [7, 11) is 0. The van der Waals surface area contributed by atoms with Crippen LogP contribution in [0.25, 0.3) is 6.08 Å². The van der Waals surface area contributed by atoms with Crippen molar-refractivity contribution >= 4 is 17.7 Å². The molecule has 4 N–H and O–H groups in total. The Morgan fingerprint density at radius 3 is 2.78 bits per heavy atom. The maximum absolute atomic E-state index is 11.6. The summed E-state index contributed by atoms with van der Waals surface area (Å²) >= 11 is 0. The molecule has 0 aliphatic heterocycles. The van der Waals surface area contributed by atoms with Gasteiger partial charge in [0.15, 0.2) is 0 Å². The number of nitrogens with zero attached hydrogens (tertiary/aromatic N) is 1. The minimum absolute atomic E-state index is 0.0141. The quantitative estimate of drug-likeness (QED) is 0.300. The number of aliphatic hydroxyl groups is 2. The second kappa shape index (κ2) is 9.67. The van der Waals surface area contributed by atoms with E-state index in [1.54, 1.807) is 6.07 Å². The minimum Gasteiger partial charge on any atom is -0.506 e. The average molecular weight is 324 g/mol. The fourth-order valence-corrected chi connectivity index (χ4v) is 1.54. The fraction of sp³-hybridized carbons (Fsp3) is 0.400. The predicted molar refractivity (Wildman–Crippen MR) is 84.1 cm³/mol. The first-order valence-corrected chi connectivity index (χ1v) is 7.00. The Hall–Kier alpha value is -2.29. The van der Waals surface area contributed by atoms with Crippen LogP contribution in [0.4, 0.5) is 5.69 Å². The van der Waals surface area contributed by atoms with E-state index in [1.165, 1.54) is 31.2 Å². The van der Waals surface area contributed by atoms with Crippen LogP contribution in [0.1, 0.15) is 12.5 Å². The average Bonchev–Trinajstić information content (AvgIpc) is 2.52. The van der Waals surface area contributed by atoms with Crippen molar-refractivity contribution in [3.8, 4) is 5.75 Å². The number of aromatic hydroxyl groups is 1. The third-order valence-corrected chi connectivity index (χ3v) is 2.92. The van der Waals surface area contributed by atoms with Gasteiger partial charge in [0.05, 0.1) is 19.3 Å². The van der Waals surface area contributed by atoms with E-state index in [-0.39, 0.29) is 37.1 Å². The Bertz CT molecular complexity index is 559. The molecule has 8 heteroatoms. The van der Waals surface area contributed by atoms with Gasteiger partial charge in [0, 0.05) is 12.6 Å². The van der Waals surface area contributed by atoms with Crippen molar-refractivity contribution in [1.82, 2.24) is 5.32 Å². The van der Waals surface area contributed by atoms with E-state index in [9.17, 15) is 19.9 Å². The van der Waals surface area contributed by atoms with E-state index in [1.807, 2.05) is 0 Å². The molecule has 2 atom stereocenters. The predicted octanol–water partition coefficient (Wildman–Crippen LogP) is 0.678. The van der Waals surface area contributed by atoms with E-state index < -0.39 is 12.2 Å². The van der Waals surface area contributed by atoms with Crippen molar-refractivity contribution in [2.24, 2.45) is 5.18 Å². The summed E-state index contributed by atoms with van der Waals surface area (Å²) in [6.45, 7) is 1.88. The normalized spacial score (nSPS) is 13.7. The van der Waals surface area contributed by atoms with Crippen molar-refractivity contribution in [3.05, 3.63) is 34.7 Å². The summed E-state index contributed by atoms with van der Waals surface area (Å²) in [5.74, 6) is -0.616. The summed E-state index contributed by atoms with van der Waals surface area (Å²) in [6, 6.07) is 4.21. The van der Waals surface area contributed by atoms with Crippen LogP contribution in [0, 0.1) is 4.91 Å². The van der Waals surface area contributed by atoms with Gasteiger partial charge < -0.3 is 25.4 Å². The largest absolute Gasteiger partial charge is 0.506 e. The molecule has 23 heavy (non-hydrogen) atoms. The van der Waals surface area contributed by atoms with Gasteiger partial charge in [-0.2, -0.15) is 0 Å². The van der Waals surface area contributed by atoms with Gasteiger partial charge >= 0.3 is 0 Å². The van der Waals surface area contributed by atoms with Crippen LogP contribution in [0.2, 0.25) is 0 Å². The molecule has 0 bridgehead atoms. The van der Waals surface area contributed by atoms with E-state index in [0.717, 1.165) is 0 Å². The first-order valence-electron chi connectivity index (χ1n) is 7.00. The van der Waals surface area contributed by atoms with E-state index in [2.05, 4.69) is 10.5 Å². The molecule has 2 unspecified atom stereocenters. The molecule has 0 fully saturated rings. The van der Waals surface area contributed by atoms with Gasteiger partial charge in [-0.3, -0.25) is 4.79 Å². The standard InChI is InChI=1S/C15H20N2O6/c1-10(18)14(20)9-23-7-6-16-15(21)5-3-11-2-4-12(17-22)13(19)8-11/h2-5,8,10,14,18-20H,6-7,9H2,1H3,(H,16,21)/b5-3+. The Kier molecular flexibility index (Phi) is 7.89. The Balaban J connectivity index is 2.31. The Morgan fingerprint density at radius 1 is 1.43 bits per heavy atom. The zero-order valence-electron chi connectivity index (χ0n) is 12.7. The Labute approximate surface area is 133 Å². The molecule has 0 aliphatic carbocycles. The van der Waals surface area contributed by atoms with E-state index >= 15 is 0 Å². The summed E-state index contributed by atoms with van der Waals surface area (Å²) in [5.41, 5.74) is 0.476. The number of rotatable bonds is 9. The molecule has 0 aromatic heterocycles. The smallest absolute Gasteiger partial charge is 0.244 e. The summed E-state index contributed by atoms with van der Waals surface area (Å²) in [5, 5.41) is 33.0. The molecule has 0 saturated carbocycles. The van der Waals surface area contributed by atoms with Crippen LogP contribution in [0.15, 0.2) is 29.5 Å². The zero-order chi connectivity index (χ0) is 17.2. The number of carbonyl (C=O) groups excluding carboxylic acids is 1. The van der Waals surface area contributed by atoms with E-state index in [4.69, 9.17) is 9.84 Å². The van der Waals surface area contributed by atoms with Gasteiger partial charge in [-0.25, -0.2) is 0 Å². The lowest BCUT2D eigenvalue weighted by Crippen LogP contribution is -2.30. The monoisotopic (exact) mass is 324 g/mol. The highest BCUT2D eigenvalue weighted by Gasteiger charge is 2.10. The SMILES string of the molecule is CC(O)C(O)COCCNC(=O)/C=C/c1ccc(N=O)c(O)c1. The maximum atomic E-state index is 11.6. The lowest BCUT2D eigenvalue weighted by molar-refractivity contribution is -0.116. The number of carbonyl (C=O) groups is 1. The molecule has 0 radical (unpaired) electrons. The number of hydrogen-bond acceptors (Lipinski definition) is 7. The number of phenols is 1. The minimum atomic E-state index is -0.956. The van der Waals surface area contributed by atoms with Crippen LogP contribution >= 0.6 is 0 Å². The molecule has 0 saturated heterocycles. The first-order chi connectivity index (χ1) is 10.9. The number of phenolic OH excluding ortho intramolecular Hbond substituents is 1. The number of nitroso groups, excluding NO2 is 1. The fourth-order valence-electron chi connectivity index (χ4n) is 1.54. The number of amides is 1. The molecule has 1 rings (SSSR count). The van der Waals surface area contributed by atoms with Crippen molar-refractivity contribution in [2.45, 2.75) is 19.1 Å². The molecule has 126 valence electrons. The number of aliphatic hydroxyl groups excluding tert-OH is 2. The molecular weight excluding hydrogens is 304 g/mol. The molecular formula is C15H20N2O6. The molecule has 0 heterocycles. The van der Waals surface area contributed by atoms with Gasteiger partial charge in [0.25, 0.3) is 0 Å².